The van der Waals surface area contributed by atoms with Gasteiger partial charge >= 0.3 is 0 Å². The molecule has 1 aliphatic rings. The first kappa shape index (κ1) is 10.0. The highest BCUT2D eigenvalue weighted by Gasteiger charge is 2.14. The summed E-state index contributed by atoms with van der Waals surface area (Å²) in [5, 5.41) is 0. The molecule has 0 aromatic carbocycles. The second-order valence-corrected chi connectivity index (χ2v) is 3.57. The molecule has 13 heavy (non-hydrogen) atoms. The highest BCUT2D eigenvalue weighted by atomic mass is 16.2. The van der Waals surface area contributed by atoms with Crippen molar-refractivity contribution in [3.8, 4) is 0 Å². The second-order valence-electron chi connectivity index (χ2n) is 3.57. The van der Waals surface area contributed by atoms with E-state index >= 15 is 0 Å². The van der Waals surface area contributed by atoms with Crippen LogP contribution in [0.25, 0.3) is 0 Å². The Morgan fingerprint density at radius 3 is 3.00 bits per heavy atom. The summed E-state index contributed by atoms with van der Waals surface area (Å²) in [6.07, 6.45) is 9.26. The maximum Gasteiger partial charge on any atom is 0.245 e. The molecule has 0 spiro atoms. The Labute approximate surface area is 79.9 Å². The molecule has 0 bridgehead atoms. The number of likely N-dealkylation sites (N-methyl/N-ethyl adjacent to an activating group) is 1. The fourth-order valence-corrected chi connectivity index (χ4v) is 1.66. The quantitative estimate of drug-likeness (QED) is 0.479. The summed E-state index contributed by atoms with van der Waals surface area (Å²) in [5.41, 5.74) is 0. The maximum atomic E-state index is 11.2. The minimum atomic E-state index is 0.0227. The Bertz CT molecular complexity index is 220. The van der Waals surface area contributed by atoms with Crippen molar-refractivity contribution in [1.29, 1.82) is 0 Å². The lowest BCUT2D eigenvalue weighted by molar-refractivity contribution is -0.125. The fourth-order valence-electron chi connectivity index (χ4n) is 1.66. The molecule has 1 atom stereocenters. The van der Waals surface area contributed by atoms with Gasteiger partial charge in [-0.15, -0.1) is 0 Å². The van der Waals surface area contributed by atoms with Crippen LogP contribution in [-0.4, -0.2) is 24.4 Å². The molecular weight excluding hydrogens is 162 g/mol. The van der Waals surface area contributed by atoms with Gasteiger partial charge in [0.25, 0.3) is 0 Å². The van der Waals surface area contributed by atoms with E-state index in [1.807, 2.05) is 7.05 Å². The molecule has 72 valence electrons. The van der Waals surface area contributed by atoms with Crippen molar-refractivity contribution < 1.29 is 4.79 Å². The van der Waals surface area contributed by atoms with E-state index in [0.29, 0.717) is 5.92 Å². The monoisotopic (exact) mass is 179 g/mol. The van der Waals surface area contributed by atoms with Crippen LogP contribution in [0.2, 0.25) is 0 Å². The minimum Gasteiger partial charge on any atom is -0.342 e. The number of carbonyl (C=O) groups is 1. The zero-order valence-electron chi connectivity index (χ0n) is 8.20. The van der Waals surface area contributed by atoms with Crippen LogP contribution >= 0.6 is 0 Å². The summed E-state index contributed by atoms with van der Waals surface area (Å²) in [7, 11) is 1.84. The SMILES string of the molecule is C=CC(=O)N(C)CC1CC=CCC1. The zero-order valence-corrected chi connectivity index (χ0v) is 8.20. The van der Waals surface area contributed by atoms with Gasteiger partial charge in [-0.3, -0.25) is 4.79 Å². The van der Waals surface area contributed by atoms with E-state index in [1.165, 1.54) is 12.5 Å². The third-order valence-electron chi connectivity index (χ3n) is 2.46. The van der Waals surface area contributed by atoms with Crippen LogP contribution in [0.1, 0.15) is 19.3 Å². The Hall–Kier alpha value is -1.05. The molecule has 1 aliphatic carbocycles. The van der Waals surface area contributed by atoms with Gasteiger partial charge in [-0.1, -0.05) is 18.7 Å². The molecule has 0 radical (unpaired) electrons. The van der Waals surface area contributed by atoms with Crippen molar-refractivity contribution in [1.82, 2.24) is 4.90 Å². The largest absolute Gasteiger partial charge is 0.342 e. The minimum absolute atomic E-state index is 0.0227. The normalized spacial score (nSPS) is 21.2. The number of carbonyl (C=O) groups excluding carboxylic acids is 1. The van der Waals surface area contributed by atoms with Crippen LogP contribution in [-0.2, 0) is 4.79 Å². The lowest BCUT2D eigenvalue weighted by Gasteiger charge is -2.23. The van der Waals surface area contributed by atoms with E-state index in [2.05, 4.69) is 18.7 Å². The third-order valence-corrected chi connectivity index (χ3v) is 2.46. The molecule has 0 heterocycles. The number of hydrogen-bond donors (Lipinski definition) is 0. The number of allylic oxidation sites excluding steroid dienone is 2. The van der Waals surface area contributed by atoms with Gasteiger partial charge < -0.3 is 4.90 Å². The van der Waals surface area contributed by atoms with E-state index in [0.717, 1.165) is 19.4 Å². The van der Waals surface area contributed by atoms with Crippen LogP contribution in [0.4, 0.5) is 0 Å². The van der Waals surface area contributed by atoms with Gasteiger partial charge in [0, 0.05) is 13.6 Å². The summed E-state index contributed by atoms with van der Waals surface area (Å²) in [6.45, 7) is 4.33. The van der Waals surface area contributed by atoms with Crippen molar-refractivity contribution in [3.05, 3.63) is 24.8 Å². The first-order chi connectivity index (χ1) is 6.24. The molecule has 0 N–H and O–H groups in total. The molecule has 0 aromatic heterocycles. The highest BCUT2D eigenvalue weighted by molar-refractivity contribution is 5.86. The lowest BCUT2D eigenvalue weighted by atomic mass is 9.94. The van der Waals surface area contributed by atoms with Gasteiger partial charge in [0.2, 0.25) is 5.91 Å². The first-order valence-corrected chi connectivity index (χ1v) is 4.76. The van der Waals surface area contributed by atoms with Gasteiger partial charge in [0.1, 0.15) is 0 Å². The first-order valence-electron chi connectivity index (χ1n) is 4.76. The number of rotatable bonds is 3. The van der Waals surface area contributed by atoms with Crippen LogP contribution in [0.5, 0.6) is 0 Å². The van der Waals surface area contributed by atoms with E-state index in [1.54, 1.807) is 4.90 Å². The van der Waals surface area contributed by atoms with Crippen LogP contribution in [0.3, 0.4) is 0 Å². The van der Waals surface area contributed by atoms with Crippen molar-refractivity contribution in [2.75, 3.05) is 13.6 Å². The second kappa shape index (κ2) is 4.85. The summed E-state index contributed by atoms with van der Waals surface area (Å²) in [6, 6.07) is 0. The van der Waals surface area contributed by atoms with Crippen LogP contribution in [0.15, 0.2) is 24.8 Å². The molecule has 0 saturated carbocycles. The van der Waals surface area contributed by atoms with Crippen molar-refractivity contribution in [2.24, 2.45) is 5.92 Å². The number of amides is 1. The van der Waals surface area contributed by atoms with Gasteiger partial charge in [0.05, 0.1) is 0 Å². The van der Waals surface area contributed by atoms with E-state index in [4.69, 9.17) is 0 Å². The van der Waals surface area contributed by atoms with Gasteiger partial charge in [0.15, 0.2) is 0 Å². The van der Waals surface area contributed by atoms with Gasteiger partial charge in [-0.05, 0) is 31.3 Å². The standard InChI is InChI=1S/C11H17NO/c1-3-11(13)12(2)9-10-7-5-4-6-8-10/h3-5,10H,1,6-9H2,2H3. The van der Waals surface area contributed by atoms with E-state index in [-0.39, 0.29) is 5.91 Å². The molecule has 1 unspecified atom stereocenters. The third kappa shape index (κ3) is 3.05. The summed E-state index contributed by atoms with van der Waals surface area (Å²) < 4.78 is 0. The van der Waals surface area contributed by atoms with Gasteiger partial charge in [-0.2, -0.15) is 0 Å². The topological polar surface area (TPSA) is 20.3 Å². The molecule has 2 heteroatoms. The Balaban J connectivity index is 2.34. The molecule has 1 rings (SSSR count). The fraction of sp³-hybridized carbons (Fsp3) is 0.545. The molecule has 2 nitrogen and oxygen atoms in total. The number of hydrogen-bond acceptors (Lipinski definition) is 1. The molecule has 0 aliphatic heterocycles. The maximum absolute atomic E-state index is 11.2. The zero-order chi connectivity index (χ0) is 9.68. The number of nitrogens with zero attached hydrogens (tertiary/aromatic N) is 1. The molecular formula is C11H17NO. The van der Waals surface area contributed by atoms with Crippen LogP contribution < -0.4 is 0 Å². The smallest absolute Gasteiger partial charge is 0.245 e. The van der Waals surface area contributed by atoms with Crippen molar-refractivity contribution in [3.63, 3.8) is 0 Å². The van der Waals surface area contributed by atoms with E-state index < -0.39 is 0 Å². The van der Waals surface area contributed by atoms with E-state index in [9.17, 15) is 4.79 Å². The predicted octanol–water partition coefficient (Wildman–Crippen LogP) is 1.99. The Morgan fingerprint density at radius 2 is 2.46 bits per heavy atom. The average molecular weight is 179 g/mol. The highest BCUT2D eigenvalue weighted by Crippen LogP contribution is 2.18. The predicted molar refractivity (Wildman–Crippen MR) is 54.3 cm³/mol. The van der Waals surface area contributed by atoms with Gasteiger partial charge in [-0.25, -0.2) is 0 Å². The molecule has 0 aromatic rings. The summed E-state index contributed by atoms with van der Waals surface area (Å²) >= 11 is 0. The molecule has 0 saturated heterocycles. The molecule has 0 fully saturated rings. The summed E-state index contributed by atoms with van der Waals surface area (Å²) in [4.78, 5) is 12.9. The van der Waals surface area contributed by atoms with Crippen molar-refractivity contribution >= 4 is 5.91 Å². The Morgan fingerprint density at radius 1 is 1.69 bits per heavy atom. The van der Waals surface area contributed by atoms with Crippen molar-refractivity contribution in [2.45, 2.75) is 19.3 Å². The summed E-state index contributed by atoms with van der Waals surface area (Å²) in [5.74, 6) is 0.661. The Kier molecular flexibility index (Phi) is 3.74. The average Bonchev–Trinajstić information content (AvgIpc) is 2.18. The lowest BCUT2D eigenvalue weighted by Crippen LogP contribution is -2.30. The van der Waals surface area contributed by atoms with Crippen LogP contribution in [0, 0.1) is 5.92 Å². The molecule has 1 amide bonds.